The van der Waals surface area contributed by atoms with Crippen LogP contribution in [-0.4, -0.2) is 38.0 Å². The highest BCUT2D eigenvalue weighted by Crippen LogP contribution is 2.28. The van der Waals surface area contributed by atoms with E-state index in [1.54, 1.807) is 13.8 Å². The second-order valence-electron chi connectivity index (χ2n) is 4.00. The number of ether oxygens (including phenoxy) is 1. The van der Waals surface area contributed by atoms with Crippen LogP contribution in [0, 0.1) is 0 Å². The first-order chi connectivity index (χ1) is 10.1. The van der Waals surface area contributed by atoms with Crippen LogP contribution < -0.4 is 8.92 Å². The second-order valence-corrected chi connectivity index (χ2v) is 5.54. The van der Waals surface area contributed by atoms with Gasteiger partial charge in [-0.2, -0.15) is 21.6 Å². The highest BCUT2D eigenvalue weighted by atomic mass is 32.2. The molecule has 1 aromatic carbocycles. The number of amides is 1. The van der Waals surface area contributed by atoms with Crippen LogP contribution in [0.1, 0.15) is 13.8 Å². The van der Waals surface area contributed by atoms with Crippen LogP contribution in [0.5, 0.6) is 11.5 Å². The molecule has 124 valence electrons. The van der Waals surface area contributed by atoms with Crippen LogP contribution >= 0.6 is 0 Å². The van der Waals surface area contributed by atoms with E-state index in [-0.39, 0.29) is 5.75 Å². The first-order valence-electron chi connectivity index (χ1n) is 6.18. The minimum atomic E-state index is -5.77. The van der Waals surface area contributed by atoms with Gasteiger partial charge in [-0.15, -0.1) is 0 Å². The molecule has 0 saturated heterocycles. The lowest BCUT2D eigenvalue weighted by Gasteiger charge is -2.18. The summed E-state index contributed by atoms with van der Waals surface area (Å²) in [6.45, 7) is 4.21. The SMILES string of the molecule is CCN(CC)C(=O)Oc1cccc(OS(=O)(=O)C(F)(F)F)c1. The molecule has 0 atom stereocenters. The number of carbonyl (C=O) groups excluding carboxylic acids is 1. The van der Waals surface area contributed by atoms with Crippen LogP contribution in [0.25, 0.3) is 0 Å². The molecule has 0 unspecified atom stereocenters. The quantitative estimate of drug-likeness (QED) is 0.608. The highest BCUT2D eigenvalue weighted by molar-refractivity contribution is 7.88. The van der Waals surface area contributed by atoms with Gasteiger partial charge in [-0.3, -0.25) is 0 Å². The van der Waals surface area contributed by atoms with Gasteiger partial charge in [-0.1, -0.05) is 6.07 Å². The molecule has 0 aromatic heterocycles. The van der Waals surface area contributed by atoms with E-state index < -0.39 is 27.5 Å². The molecule has 0 fully saturated rings. The van der Waals surface area contributed by atoms with Crippen molar-refractivity contribution in [2.45, 2.75) is 19.4 Å². The number of halogens is 3. The van der Waals surface area contributed by atoms with E-state index >= 15 is 0 Å². The first kappa shape index (κ1) is 18.1. The average molecular weight is 341 g/mol. The minimum absolute atomic E-state index is 0.133. The van der Waals surface area contributed by atoms with Gasteiger partial charge >= 0.3 is 21.7 Å². The maximum Gasteiger partial charge on any atom is 0.534 e. The summed E-state index contributed by atoms with van der Waals surface area (Å²) in [4.78, 5) is 13.0. The Labute approximate surface area is 125 Å². The van der Waals surface area contributed by atoms with Gasteiger partial charge in [-0.25, -0.2) is 4.79 Å². The molecular formula is C12H14F3NO5S. The molecule has 10 heteroatoms. The van der Waals surface area contributed by atoms with Gasteiger partial charge in [0.05, 0.1) is 0 Å². The molecule has 1 rings (SSSR count). The Kier molecular flexibility index (Phi) is 5.64. The third-order valence-corrected chi connectivity index (χ3v) is 3.50. The fourth-order valence-electron chi connectivity index (χ4n) is 1.41. The number of nitrogens with zero attached hydrogens (tertiary/aromatic N) is 1. The van der Waals surface area contributed by atoms with Crippen molar-refractivity contribution >= 4 is 16.2 Å². The topological polar surface area (TPSA) is 72.9 Å². The minimum Gasteiger partial charge on any atom is -0.410 e. The molecule has 6 nitrogen and oxygen atoms in total. The van der Waals surface area contributed by atoms with E-state index in [4.69, 9.17) is 4.74 Å². The predicted molar refractivity (Wildman–Crippen MR) is 71.0 cm³/mol. The molecule has 0 spiro atoms. The van der Waals surface area contributed by atoms with Crippen LogP contribution in [0.2, 0.25) is 0 Å². The molecule has 0 aliphatic carbocycles. The smallest absolute Gasteiger partial charge is 0.410 e. The van der Waals surface area contributed by atoms with E-state index in [1.165, 1.54) is 17.0 Å². The van der Waals surface area contributed by atoms with Gasteiger partial charge < -0.3 is 13.8 Å². The van der Waals surface area contributed by atoms with E-state index in [2.05, 4.69) is 4.18 Å². The molecule has 0 bridgehead atoms. The summed E-state index contributed by atoms with van der Waals surface area (Å²) in [6, 6.07) is 4.36. The maximum absolute atomic E-state index is 12.2. The lowest BCUT2D eigenvalue weighted by molar-refractivity contribution is -0.0500. The number of alkyl halides is 3. The van der Waals surface area contributed by atoms with Gasteiger partial charge in [0.15, 0.2) is 0 Å². The summed E-state index contributed by atoms with van der Waals surface area (Å²) >= 11 is 0. The number of rotatable bonds is 5. The van der Waals surface area contributed by atoms with Crippen molar-refractivity contribution in [2.75, 3.05) is 13.1 Å². The standard InChI is InChI=1S/C12H14F3NO5S/c1-3-16(4-2)11(17)20-9-6-5-7-10(8-9)21-22(18,19)12(13,14)15/h5-8H,3-4H2,1-2H3. The van der Waals surface area contributed by atoms with Crippen LogP contribution in [-0.2, 0) is 10.1 Å². The third kappa shape index (κ3) is 4.52. The molecule has 0 N–H and O–H groups in total. The summed E-state index contributed by atoms with van der Waals surface area (Å²) in [6.07, 6.45) is -0.708. The van der Waals surface area contributed by atoms with Crippen LogP contribution in [0.15, 0.2) is 24.3 Å². The van der Waals surface area contributed by atoms with Crippen LogP contribution in [0.3, 0.4) is 0 Å². The molecule has 1 aromatic rings. The van der Waals surface area contributed by atoms with E-state index in [9.17, 15) is 26.4 Å². The monoisotopic (exact) mass is 341 g/mol. The van der Waals surface area contributed by atoms with Crippen molar-refractivity contribution < 1.29 is 35.3 Å². The summed E-state index contributed by atoms with van der Waals surface area (Å²) in [5.41, 5.74) is -5.54. The molecule has 0 saturated carbocycles. The van der Waals surface area contributed by atoms with Crippen molar-refractivity contribution in [1.82, 2.24) is 4.90 Å². The lowest BCUT2D eigenvalue weighted by Crippen LogP contribution is -2.33. The number of hydrogen-bond acceptors (Lipinski definition) is 5. The molecule has 1 amide bonds. The number of carbonyl (C=O) groups is 1. The Bertz CT molecular complexity index is 626. The van der Waals surface area contributed by atoms with Gasteiger partial charge in [0, 0.05) is 19.2 Å². The van der Waals surface area contributed by atoms with E-state index in [1.807, 2.05) is 0 Å². The molecular weight excluding hydrogens is 327 g/mol. The first-order valence-corrected chi connectivity index (χ1v) is 7.59. The van der Waals surface area contributed by atoms with Crippen molar-refractivity contribution in [3.8, 4) is 11.5 Å². The molecule has 0 aliphatic rings. The second kappa shape index (κ2) is 6.86. The Morgan fingerprint density at radius 3 is 2.23 bits per heavy atom. The van der Waals surface area contributed by atoms with Gasteiger partial charge in [0.25, 0.3) is 0 Å². The summed E-state index contributed by atoms with van der Waals surface area (Å²) in [7, 11) is -5.77. The lowest BCUT2D eigenvalue weighted by atomic mass is 10.3. The Balaban J connectivity index is 2.90. The van der Waals surface area contributed by atoms with Gasteiger partial charge in [0.1, 0.15) is 11.5 Å². The average Bonchev–Trinajstić information content (AvgIpc) is 2.38. The predicted octanol–water partition coefficient (Wildman–Crippen LogP) is 2.76. The molecule has 0 radical (unpaired) electrons. The molecule has 0 heterocycles. The van der Waals surface area contributed by atoms with Crippen molar-refractivity contribution in [3.63, 3.8) is 0 Å². The summed E-state index contributed by atoms with van der Waals surface area (Å²) in [5.74, 6) is -0.742. The van der Waals surface area contributed by atoms with Gasteiger partial charge in [0.2, 0.25) is 0 Å². The zero-order valence-corrected chi connectivity index (χ0v) is 12.6. The number of hydrogen-bond donors (Lipinski definition) is 0. The zero-order chi connectivity index (χ0) is 17.0. The summed E-state index contributed by atoms with van der Waals surface area (Å²) in [5, 5.41) is 0. The Morgan fingerprint density at radius 1 is 1.18 bits per heavy atom. The molecule has 0 aliphatic heterocycles. The largest absolute Gasteiger partial charge is 0.534 e. The van der Waals surface area contributed by atoms with E-state index in [0.717, 1.165) is 12.1 Å². The molecule has 22 heavy (non-hydrogen) atoms. The summed E-state index contributed by atoms with van der Waals surface area (Å²) < 4.78 is 67.3. The highest BCUT2D eigenvalue weighted by Gasteiger charge is 2.48. The van der Waals surface area contributed by atoms with Crippen molar-refractivity contribution in [3.05, 3.63) is 24.3 Å². The zero-order valence-electron chi connectivity index (χ0n) is 11.8. The third-order valence-electron chi connectivity index (χ3n) is 2.52. The van der Waals surface area contributed by atoms with Gasteiger partial charge in [-0.05, 0) is 26.0 Å². The van der Waals surface area contributed by atoms with E-state index in [0.29, 0.717) is 13.1 Å². The van der Waals surface area contributed by atoms with Crippen molar-refractivity contribution in [1.29, 1.82) is 0 Å². The van der Waals surface area contributed by atoms with Crippen LogP contribution in [0.4, 0.5) is 18.0 Å². The Morgan fingerprint density at radius 2 is 1.73 bits per heavy atom. The maximum atomic E-state index is 12.2. The van der Waals surface area contributed by atoms with Crippen molar-refractivity contribution in [2.24, 2.45) is 0 Å². The fraction of sp³-hybridized carbons (Fsp3) is 0.417. The number of benzene rings is 1. The fourth-order valence-corrected chi connectivity index (χ4v) is 1.86. The normalized spacial score (nSPS) is 11.9. The Hall–Kier alpha value is -1.97.